The number of aromatic nitrogens is 3. The van der Waals surface area contributed by atoms with Crippen LogP contribution in [0.5, 0.6) is 0 Å². The van der Waals surface area contributed by atoms with Crippen LogP contribution >= 0.6 is 0 Å². The molecule has 0 aliphatic rings. The zero-order chi connectivity index (χ0) is 22.0. The number of amides is 1. The van der Waals surface area contributed by atoms with Crippen LogP contribution in [0, 0.1) is 12.3 Å². The molecule has 3 heterocycles. The van der Waals surface area contributed by atoms with Crippen LogP contribution in [0.4, 0.5) is 0 Å². The largest absolute Gasteiger partial charge is 0.383 e. The zero-order valence-corrected chi connectivity index (χ0v) is 17.4. The van der Waals surface area contributed by atoms with E-state index < -0.39 is 5.91 Å². The normalized spacial score (nSPS) is 11.2. The van der Waals surface area contributed by atoms with Crippen molar-refractivity contribution in [1.82, 2.24) is 19.3 Å². The fourth-order valence-corrected chi connectivity index (χ4v) is 3.45. The number of aryl methyl sites for hydroxylation is 1. The summed E-state index contributed by atoms with van der Waals surface area (Å²) in [6.45, 7) is 2.97. The molecule has 0 unspecified atom stereocenters. The van der Waals surface area contributed by atoms with Gasteiger partial charge in [-0.2, -0.15) is 0 Å². The third-order valence-corrected chi connectivity index (χ3v) is 5.12. The molecule has 0 radical (unpaired) electrons. The molecule has 1 amide bonds. The molecule has 2 N–H and O–H groups in total. The van der Waals surface area contributed by atoms with Gasteiger partial charge in [-0.25, -0.2) is 4.98 Å². The van der Waals surface area contributed by atoms with Crippen molar-refractivity contribution in [3.63, 3.8) is 0 Å². The smallest absolute Gasteiger partial charge is 0.267 e. The maximum atomic E-state index is 13.2. The predicted molar refractivity (Wildman–Crippen MR) is 117 cm³/mol. The van der Waals surface area contributed by atoms with Gasteiger partial charge in [0.2, 0.25) is 0 Å². The fraction of sp³-hybridized carbons (Fsp3) is 0.217. The molecule has 3 aromatic heterocycles. The Bertz CT molecular complexity index is 1390. The number of nitrogens with zero attached hydrogens (tertiary/aromatic N) is 3. The molecule has 31 heavy (non-hydrogen) atoms. The fourth-order valence-electron chi connectivity index (χ4n) is 3.45. The molecule has 0 saturated heterocycles. The molecule has 0 atom stereocenters. The van der Waals surface area contributed by atoms with Gasteiger partial charge in [0.25, 0.3) is 11.5 Å². The van der Waals surface area contributed by atoms with E-state index in [9.17, 15) is 9.59 Å². The average molecular weight is 417 g/mol. The van der Waals surface area contributed by atoms with Gasteiger partial charge >= 0.3 is 0 Å². The van der Waals surface area contributed by atoms with Gasteiger partial charge in [0.1, 0.15) is 16.8 Å². The van der Waals surface area contributed by atoms with Gasteiger partial charge in [-0.15, -0.1) is 0 Å². The molecule has 4 rings (SSSR count). The molecular formula is C23H23N5O3. The highest BCUT2D eigenvalue weighted by molar-refractivity contribution is 5.96. The summed E-state index contributed by atoms with van der Waals surface area (Å²) in [6.07, 6.45) is 1.64. The van der Waals surface area contributed by atoms with Crippen molar-refractivity contribution in [3.05, 3.63) is 87.3 Å². The Kier molecular flexibility index (Phi) is 5.64. The third-order valence-electron chi connectivity index (χ3n) is 5.12. The summed E-state index contributed by atoms with van der Waals surface area (Å²) < 4.78 is 8.03. The Morgan fingerprint density at radius 2 is 1.97 bits per heavy atom. The molecule has 0 fully saturated rings. The van der Waals surface area contributed by atoms with Crippen LogP contribution in [0.3, 0.4) is 0 Å². The van der Waals surface area contributed by atoms with Crippen LogP contribution in [0.1, 0.15) is 21.5 Å². The second-order valence-electron chi connectivity index (χ2n) is 7.31. The van der Waals surface area contributed by atoms with Gasteiger partial charge in [0, 0.05) is 19.9 Å². The zero-order valence-electron chi connectivity index (χ0n) is 17.4. The number of carbonyl (C=O) groups is 1. The van der Waals surface area contributed by atoms with Crippen molar-refractivity contribution in [2.45, 2.75) is 13.5 Å². The Morgan fingerprint density at radius 1 is 1.19 bits per heavy atom. The maximum Gasteiger partial charge on any atom is 0.267 e. The number of carbonyl (C=O) groups excluding carboxylic acids is 1. The number of rotatable bonds is 6. The van der Waals surface area contributed by atoms with E-state index in [0.29, 0.717) is 31.0 Å². The minimum absolute atomic E-state index is 0.00447. The van der Waals surface area contributed by atoms with E-state index in [1.807, 2.05) is 31.2 Å². The number of hydrogen-bond donors (Lipinski definition) is 2. The minimum Gasteiger partial charge on any atom is -0.383 e. The SMILES string of the molecule is COCCNC(=O)c1cc2c(=O)n3ccccc3nc2n(Cc2ccc(C)cc2)c1=N. The van der Waals surface area contributed by atoms with Crippen LogP contribution < -0.4 is 16.4 Å². The molecule has 0 aliphatic carbocycles. The number of nitrogens with one attached hydrogen (secondary N) is 2. The lowest BCUT2D eigenvalue weighted by Gasteiger charge is -2.15. The van der Waals surface area contributed by atoms with E-state index in [2.05, 4.69) is 10.3 Å². The molecule has 4 aromatic rings. The van der Waals surface area contributed by atoms with Gasteiger partial charge in [0.05, 0.1) is 24.1 Å². The number of benzene rings is 1. The summed E-state index contributed by atoms with van der Waals surface area (Å²) >= 11 is 0. The van der Waals surface area contributed by atoms with Gasteiger partial charge < -0.3 is 14.6 Å². The second-order valence-corrected chi connectivity index (χ2v) is 7.31. The van der Waals surface area contributed by atoms with Crippen molar-refractivity contribution < 1.29 is 9.53 Å². The standard InChI is InChI=1S/C23H23N5O3/c1-15-6-8-16(9-7-15)14-28-20(24)17(22(29)25-10-12-31-2)13-18-21(28)26-19-5-3-4-11-27(19)23(18)30/h3-9,11,13,24H,10,12,14H2,1-2H3,(H,25,29). The number of pyridine rings is 2. The van der Waals surface area contributed by atoms with E-state index in [1.54, 1.807) is 36.1 Å². The number of fused-ring (bicyclic) bond motifs is 2. The molecular weight excluding hydrogens is 394 g/mol. The third kappa shape index (κ3) is 3.97. The highest BCUT2D eigenvalue weighted by atomic mass is 16.5. The second kappa shape index (κ2) is 8.53. The molecule has 158 valence electrons. The van der Waals surface area contributed by atoms with Gasteiger partial charge in [-0.05, 0) is 30.7 Å². The van der Waals surface area contributed by atoms with E-state index in [0.717, 1.165) is 11.1 Å². The highest BCUT2D eigenvalue weighted by Crippen LogP contribution is 2.13. The van der Waals surface area contributed by atoms with E-state index in [1.165, 1.54) is 10.5 Å². The maximum absolute atomic E-state index is 13.2. The van der Waals surface area contributed by atoms with Crippen LogP contribution in [0.25, 0.3) is 16.7 Å². The minimum atomic E-state index is -0.431. The molecule has 0 bridgehead atoms. The van der Waals surface area contributed by atoms with Crippen molar-refractivity contribution in [3.8, 4) is 0 Å². The average Bonchev–Trinajstić information content (AvgIpc) is 2.77. The Morgan fingerprint density at radius 3 is 2.71 bits per heavy atom. The van der Waals surface area contributed by atoms with Crippen LogP contribution in [-0.2, 0) is 11.3 Å². The van der Waals surface area contributed by atoms with Crippen LogP contribution in [0.2, 0.25) is 0 Å². The first kappa shape index (κ1) is 20.5. The molecule has 8 nitrogen and oxygen atoms in total. The lowest BCUT2D eigenvalue weighted by Crippen LogP contribution is -2.36. The van der Waals surface area contributed by atoms with Gasteiger partial charge in [0.15, 0.2) is 0 Å². The first-order valence-corrected chi connectivity index (χ1v) is 9.92. The van der Waals surface area contributed by atoms with Gasteiger partial charge in [-0.1, -0.05) is 35.9 Å². The van der Waals surface area contributed by atoms with Crippen molar-refractivity contribution in [1.29, 1.82) is 5.41 Å². The highest BCUT2D eigenvalue weighted by Gasteiger charge is 2.17. The number of methoxy groups -OCH3 is 1. The summed E-state index contributed by atoms with van der Waals surface area (Å²) in [5, 5.41) is 11.7. The Labute approximate surface area is 178 Å². The summed E-state index contributed by atoms with van der Waals surface area (Å²) in [5.41, 5.74) is 2.74. The first-order valence-electron chi connectivity index (χ1n) is 9.92. The topological polar surface area (TPSA) is 101 Å². The Balaban J connectivity index is 1.95. The molecule has 0 spiro atoms. The van der Waals surface area contributed by atoms with Crippen molar-refractivity contribution in [2.75, 3.05) is 20.3 Å². The lowest BCUT2D eigenvalue weighted by atomic mass is 10.1. The van der Waals surface area contributed by atoms with Crippen molar-refractivity contribution in [2.24, 2.45) is 0 Å². The molecule has 1 aromatic carbocycles. The summed E-state index contributed by atoms with van der Waals surface area (Å²) in [7, 11) is 1.55. The first-order chi connectivity index (χ1) is 15.0. The molecule has 0 saturated carbocycles. The molecule has 0 aliphatic heterocycles. The predicted octanol–water partition coefficient (Wildman–Crippen LogP) is 1.86. The van der Waals surface area contributed by atoms with Gasteiger partial charge in [-0.3, -0.25) is 19.4 Å². The molecule has 8 heteroatoms. The number of hydrogen-bond acceptors (Lipinski definition) is 5. The summed E-state index contributed by atoms with van der Waals surface area (Å²) in [6, 6.07) is 14.7. The lowest BCUT2D eigenvalue weighted by molar-refractivity contribution is 0.0934. The summed E-state index contributed by atoms with van der Waals surface area (Å²) in [4.78, 5) is 30.6. The quantitative estimate of drug-likeness (QED) is 0.369. The van der Waals surface area contributed by atoms with E-state index >= 15 is 0 Å². The Hall–Kier alpha value is -3.78. The van der Waals surface area contributed by atoms with Crippen LogP contribution in [0.15, 0.2) is 59.5 Å². The summed E-state index contributed by atoms with van der Waals surface area (Å²) in [5.74, 6) is -0.431. The van der Waals surface area contributed by atoms with Crippen LogP contribution in [-0.4, -0.2) is 40.1 Å². The van der Waals surface area contributed by atoms with E-state index in [-0.39, 0.29) is 22.0 Å². The monoisotopic (exact) mass is 417 g/mol. The van der Waals surface area contributed by atoms with Crippen molar-refractivity contribution >= 4 is 22.6 Å². The van der Waals surface area contributed by atoms with E-state index in [4.69, 9.17) is 10.1 Å². The number of ether oxygens (including phenoxy) is 1.